The molecule has 1 aromatic rings. The number of nitrogens with one attached hydrogen (secondary N) is 1. The quantitative estimate of drug-likeness (QED) is 0.828. The Kier molecular flexibility index (Phi) is 5.98. The summed E-state index contributed by atoms with van der Waals surface area (Å²) in [5.74, 6) is -1.28. The van der Waals surface area contributed by atoms with E-state index in [1.165, 1.54) is 16.7 Å². The van der Waals surface area contributed by atoms with E-state index >= 15 is 0 Å². The molecule has 7 heteroatoms. The second-order valence-electron chi connectivity index (χ2n) is 5.71. The third kappa shape index (κ3) is 5.49. The van der Waals surface area contributed by atoms with Gasteiger partial charge in [-0.3, -0.25) is 9.59 Å². The Morgan fingerprint density at radius 3 is 2.74 bits per heavy atom. The maximum Gasteiger partial charge on any atom is 0.239 e. The zero-order valence-electron chi connectivity index (χ0n) is 13.1. The highest BCUT2D eigenvalue weighted by molar-refractivity contribution is 8.00. The van der Waals surface area contributed by atoms with Gasteiger partial charge in [0, 0.05) is 23.9 Å². The molecule has 0 saturated heterocycles. The van der Waals surface area contributed by atoms with Gasteiger partial charge in [0.2, 0.25) is 11.8 Å². The molecule has 0 spiro atoms. The van der Waals surface area contributed by atoms with Gasteiger partial charge in [-0.1, -0.05) is 0 Å². The Morgan fingerprint density at radius 2 is 2.09 bits per heavy atom. The highest BCUT2D eigenvalue weighted by Crippen LogP contribution is 2.30. The highest BCUT2D eigenvalue weighted by atomic mass is 32.2. The second kappa shape index (κ2) is 7.77. The molecule has 2 rings (SSSR count). The summed E-state index contributed by atoms with van der Waals surface area (Å²) in [6, 6.07) is 3.55. The molecule has 0 aromatic heterocycles. The van der Waals surface area contributed by atoms with Gasteiger partial charge in [-0.05, 0) is 38.0 Å². The number of amides is 2. The minimum absolute atomic E-state index is 0.0125. The topological polar surface area (TPSA) is 49.4 Å². The van der Waals surface area contributed by atoms with Crippen molar-refractivity contribution in [1.82, 2.24) is 10.2 Å². The number of halogens is 2. The van der Waals surface area contributed by atoms with Gasteiger partial charge in [-0.15, -0.1) is 11.8 Å². The van der Waals surface area contributed by atoms with E-state index in [4.69, 9.17) is 0 Å². The van der Waals surface area contributed by atoms with Crippen LogP contribution in [0.3, 0.4) is 0 Å². The summed E-state index contributed by atoms with van der Waals surface area (Å²) in [5, 5.41) is 2.46. The van der Waals surface area contributed by atoms with Crippen molar-refractivity contribution in [3.05, 3.63) is 35.4 Å². The molecule has 0 unspecified atom stereocenters. The molecule has 1 aliphatic carbocycles. The molecule has 4 nitrogen and oxygen atoms in total. The van der Waals surface area contributed by atoms with Crippen LogP contribution < -0.4 is 5.32 Å². The molecule has 1 N–H and O–H groups in total. The van der Waals surface area contributed by atoms with Crippen molar-refractivity contribution in [3.63, 3.8) is 0 Å². The molecular weight excluding hydrogens is 322 g/mol. The molecule has 1 atom stereocenters. The van der Waals surface area contributed by atoms with Crippen LogP contribution in [0.1, 0.15) is 30.6 Å². The fourth-order valence-corrected chi connectivity index (χ4v) is 3.00. The first-order valence-corrected chi connectivity index (χ1v) is 8.51. The number of hydrogen-bond acceptors (Lipinski definition) is 3. The van der Waals surface area contributed by atoms with Crippen molar-refractivity contribution in [1.29, 1.82) is 0 Å². The van der Waals surface area contributed by atoms with Crippen molar-refractivity contribution < 1.29 is 18.4 Å². The minimum atomic E-state index is -0.506. The molecule has 1 saturated carbocycles. The second-order valence-corrected chi connectivity index (χ2v) is 7.04. The van der Waals surface area contributed by atoms with E-state index in [0.717, 1.165) is 31.0 Å². The fraction of sp³-hybridized carbons (Fsp3) is 0.500. The van der Waals surface area contributed by atoms with Gasteiger partial charge in [0.25, 0.3) is 0 Å². The van der Waals surface area contributed by atoms with Crippen LogP contribution in [0.5, 0.6) is 0 Å². The molecule has 0 radical (unpaired) electrons. The molecule has 2 amide bonds. The first-order valence-electron chi connectivity index (χ1n) is 7.46. The summed E-state index contributed by atoms with van der Waals surface area (Å²) >= 11 is 1.21. The summed E-state index contributed by atoms with van der Waals surface area (Å²) in [6.45, 7) is 1.73. The summed E-state index contributed by atoms with van der Waals surface area (Å²) in [7, 11) is 1.56. The van der Waals surface area contributed by atoms with Crippen LogP contribution in [-0.2, 0) is 9.59 Å². The smallest absolute Gasteiger partial charge is 0.239 e. The molecule has 1 aromatic carbocycles. The van der Waals surface area contributed by atoms with Crippen LogP contribution in [0.2, 0.25) is 0 Å². The van der Waals surface area contributed by atoms with Gasteiger partial charge in [-0.25, -0.2) is 8.78 Å². The Labute approximate surface area is 138 Å². The summed E-state index contributed by atoms with van der Waals surface area (Å²) < 4.78 is 26.9. The van der Waals surface area contributed by atoms with Gasteiger partial charge >= 0.3 is 0 Å². The van der Waals surface area contributed by atoms with Crippen molar-refractivity contribution >= 4 is 23.6 Å². The van der Waals surface area contributed by atoms with E-state index in [0.29, 0.717) is 0 Å². The lowest BCUT2D eigenvalue weighted by atomic mass is 10.1. The van der Waals surface area contributed by atoms with Crippen molar-refractivity contribution in [3.8, 4) is 0 Å². The Bertz CT molecular complexity index is 593. The Balaban J connectivity index is 1.80. The molecule has 0 bridgehead atoms. The predicted octanol–water partition coefficient (Wildman–Crippen LogP) is 2.50. The SMILES string of the molecule is C[C@H](SCC(=O)N(C)CC(=O)NC1CC1)c1cc(F)ccc1F. The Morgan fingerprint density at radius 1 is 1.39 bits per heavy atom. The Hall–Kier alpha value is -1.63. The first kappa shape index (κ1) is 17.7. The maximum absolute atomic E-state index is 13.7. The van der Waals surface area contributed by atoms with Crippen LogP contribution in [0.15, 0.2) is 18.2 Å². The summed E-state index contributed by atoms with van der Waals surface area (Å²) in [6.07, 6.45) is 1.99. The van der Waals surface area contributed by atoms with Gasteiger partial charge in [0.05, 0.1) is 12.3 Å². The predicted molar refractivity (Wildman–Crippen MR) is 86.0 cm³/mol. The minimum Gasteiger partial charge on any atom is -0.352 e. The van der Waals surface area contributed by atoms with E-state index in [-0.39, 0.29) is 41.0 Å². The number of carbonyl (C=O) groups is 2. The number of benzene rings is 1. The number of carbonyl (C=O) groups excluding carboxylic acids is 2. The van der Waals surface area contributed by atoms with Crippen LogP contribution in [0.4, 0.5) is 8.78 Å². The number of rotatable bonds is 7. The van der Waals surface area contributed by atoms with Gasteiger partial charge in [0.1, 0.15) is 11.6 Å². The van der Waals surface area contributed by atoms with Gasteiger partial charge in [-0.2, -0.15) is 0 Å². The average Bonchev–Trinajstić information content (AvgIpc) is 3.30. The monoisotopic (exact) mass is 342 g/mol. The molecule has 23 heavy (non-hydrogen) atoms. The van der Waals surface area contributed by atoms with Crippen LogP contribution >= 0.6 is 11.8 Å². The number of nitrogens with zero attached hydrogens (tertiary/aromatic N) is 1. The van der Waals surface area contributed by atoms with Crippen LogP contribution in [0.25, 0.3) is 0 Å². The lowest BCUT2D eigenvalue weighted by molar-refractivity contribution is -0.132. The molecule has 0 aliphatic heterocycles. The van der Waals surface area contributed by atoms with Gasteiger partial charge < -0.3 is 10.2 Å². The largest absolute Gasteiger partial charge is 0.352 e. The van der Waals surface area contributed by atoms with E-state index in [2.05, 4.69) is 5.32 Å². The van der Waals surface area contributed by atoms with Gasteiger partial charge in [0.15, 0.2) is 0 Å². The third-order valence-electron chi connectivity index (χ3n) is 3.60. The standard InChI is InChI=1S/C16H20F2N2O2S/c1-10(13-7-11(17)3-6-14(13)18)23-9-16(22)20(2)8-15(21)19-12-4-5-12/h3,6-7,10,12H,4-5,8-9H2,1-2H3,(H,19,21)/t10-/m0/s1. The van der Waals surface area contributed by atoms with Crippen molar-refractivity contribution in [2.24, 2.45) is 0 Å². The lowest BCUT2D eigenvalue weighted by Crippen LogP contribution is -2.39. The lowest BCUT2D eigenvalue weighted by Gasteiger charge is -2.18. The first-order chi connectivity index (χ1) is 10.9. The highest BCUT2D eigenvalue weighted by Gasteiger charge is 2.24. The molecule has 1 fully saturated rings. The molecular formula is C16H20F2N2O2S. The number of thioether (sulfide) groups is 1. The number of hydrogen-bond donors (Lipinski definition) is 1. The fourth-order valence-electron chi connectivity index (χ4n) is 2.03. The average molecular weight is 342 g/mol. The van der Waals surface area contributed by atoms with Crippen molar-refractivity contribution in [2.45, 2.75) is 31.1 Å². The zero-order valence-corrected chi connectivity index (χ0v) is 14.0. The molecule has 0 heterocycles. The zero-order chi connectivity index (χ0) is 17.0. The third-order valence-corrected chi connectivity index (χ3v) is 4.77. The van der Waals surface area contributed by atoms with Crippen LogP contribution in [0, 0.1) is 11.6 Å². The molecule has 126 valence electrons. The van der Waals surface area contributed by atoms with E-state index in [9.17, 15) is 18.4 Å². The normalized spacial score (nSPS) is 15.1. The maximum atomic E-state index is 13.7. The molecule has 1 aliphatic rings. The number of likely N-dealkylation sites (N-methyl/N-ethyl adjacent to an activating group) is 1. The van der Waals surface area contributed by atoms with Crippen molar-refractivity contribution in [2.75, 3.05) is 19.3 Å². The summed E-state index contributed by atoms with van der Waals surface area (Å²) in [4.78, 5) is 25.0. The summed E-state index contributed by atoms with van der Waals surface area (Å²) in [5.41, 5.74) is 0.233. The van der Waals surface area contributed by atoms with Crippen LogP contribution in [-0.4, -0.2) is 42.1 Å². The van der Waals surface area contributed by atoms with E-state index in [1.54, 1.807) is 14.0 Å². The van der Waals surface area contributed by atoms with E-state index < -0.39 is 11.6 Å². The van der Waals surface area contributed by atoms with E-state index in [1.807, 2.05) is 0 Å².